The first-order valence-electron chi connectivity index (χ1n) is 8.39. The Labute approximate surface area is 165 Å². The maximum absolute atomic E-state index is 13.8. The van der Waals surface area contributed by atoms with E-state index in [1.54, 1.807) is 25.1 Å². The molecule has 0 fully saturated rings. The third-order valence-electron chi connectivity index (χ3n) is 4.51. The highest BCUT2D eigenvalue weighted by Gasteiger charge is 2.27. The van der Waals surface area contributed by atoms with Crippen molar-refractivity contribution in [2.24, 2.45) is 9.98 Å². The predicted octanol–water partition coefficient (Wildman–Crippen LogP) is 4.59. The summed E-state index contributed by atoms with van der Waals surface area (Å²) in [6.07, 6.45) is 0. The fourth-order valence-electron chi connectivity index (χ4n) is 3.01. The van der Waals surface area contributed by atoms with Gasteiger partial charge in [-0.3, -0.25) is 5.32 Å². The van der Waals surface area contributed by atoms with Gasteiger partial charge in [0.1, 0.15) is 31.1 Å². The summed E-state index contributed by atoms with van der Waals surface area (Å²) in [5.41, 5.74) is 2.28. The van der Waals surface area contributed by atoms with E-state index in [0.717, 1.165) is 11.1 Å². The highest BCUT2D eigenvalue weighted by atomic mass is 35.5. The first-order valence-corrected chi connectivity index (χ1v) is 9.15. The van der Waals surface area contributed by atoms with E-state index in [9.17, 15) is 4.39 Å². The molecule has 8 heteroatoms. The summed E-state index contributed by atoms with van der Waals surface area (Å²) >= 11 is 12.0. The second-order valence-corrected chi connectivity index (χ2v) is 7.09. The molecule has 0 aliphatic carbocycles. The van der Waals surface area contributed by atoms with Crippen LogP contribution in [0.2, 0.25) is 10.0 Å². The Kier molecular flexibility index (Phi) is 4.93. The van der Waals surface area contributed by atoms with E-state index in [0.29, 0.717) is 40.9 Å². The standard InChI is InChI=1S/C19H16Cl2FN3O2/c1-10-12(3-2-4-15(10)22)17-9-27-19(24-17)25-18-23-16(8-26-18)11-5-6-13(20)14(21)7-11/h2-7,16-17H,8-9H2,1H3,(H,23,24,25)/t16-,17-/m1/s1. The third kappa shape index (κ3) is 3.73. The zero-order valence-corrected chi connectivity index (χ0v) is 15.9. The molecule has 140 valence electrons. The Morgan fingerprint density at radius 2 is 1.70 bits per heavy atom. The Morgan fingerprint density at radius 3 is 2.44 bits per heavy atom. The molecule has 0 aromatic heterocycles. The number of benzene rings is 2. The van der Waals surface area contributed by atoms with Crippen LogP contribution in [-0.4, -0.2) is 25.3 Å². The minimum Gasteiger partial charge on any atom is -0.462 e. The van der Waals surface area contributed by atoms with Crippen LogP contribution in [0.3, 0.4) is 0 Å². The van der Waals surface area contributed by atoms with Crippen LogP contribution in [0.15, 0.2) is 46.4 Å². The maximum Gasteiger partial charge on any atom is 0.293 e. The zero-order chi connectivity index (χ0) is 19.0. The van der Waals surface area contributed by atoms with Gasteiger partial charge < -0.3 is 9.47 Å². The lowest BCUT2D eigenvalue weighted by Crippen LogP contribution is -2.30. The van der Waals surface area contributed by atoms with Crippen molar-refractivity contribution in [3.8, 4) is 0 Å². The van der Waals surface area contributed by atoms with Crippen LogP contribution in [0.1, 0.15) is 28.8 Å². The number of aliphatic imine (C=N–C) groups is 2. The molecule has 2 aliphatic heterocycles. The molecule has 1 N–H and O–H groups in total. The average Bonchev–Trinajstić information content (AvgIpc) is 3.30. The lowest BCUT2D eigenvalue weighted by Gasteiger charge is -2.09. The molecule has 4 rings (SSSR count). The van der Waals surface area contributed by atoms with Gasteiger partial charge in [-0.25, -0.2) is 14.4 Å². The number of nitrogens with one attached hydrogen (secondary N) is 1. The molecular weight excluding hydrogens is 392 g/mol. The molecule has 2 heterocycles. The molecule has 2 aromatic carbocycles. The predicted molar refractivity (Wildman–Crippen MR) is 103 cm³/mol. The number of ether oxygens (including phenoxy) is 2. The molecular formula is C19H16Cl2FN3O2. The van der Waals surface area contributed by atoms with Gasteiger partial charge in [0.15, 0.2) is 0 Å². The van der Waals surface area contributed by atoms with Gasteiger partial charge in [-0.2, -0.15) is 0 Å². The number of halogens is 3. The van der Waals surface area contributed by atoms with Crippen LogP contribution < -0.4 is 5.32 Å². The summed E-state index contributed by atoms with van der Waals surface area (Å²) in [6, 6.07) is 10.5. The lowest BCUT2D eigenvalue weighted by atomic mass is 10.0. The largest absolute Gasteiger partial charge is 0.462 e. The van der Waals surface area contributed by atoms with Crippen molar-refractivity contribution in [1.29, 1.82) is 0 Å². The van der Waals surface area contributed by atoms with Crippen LogP contribution in [0, 0.1) is 12.7 Å². The normalized spacial score (nSPS) is 21.3. The van der Waals surface area contributed by atoms with Gasteiger partial charge >= 0.3 is 0 Å². The van der Waals surface area contributed by atoms with Crippen molar-refractivity contribution in [3.05, 3.63) is 69.0 Å². The minimum atomic E-state index is -0.268. The molecule has 0 unspecified atom stereocenters. The minimum absolute atomic E-state index is 0.189. The second-order valence-electron chi connectivity index (χ2n) is 6.27. The fraction of sp³-hybridized carbons (Fsp3) is 0.263. The zero-order valence-electron chi connectivity index (χ0n) is 14.4. The smallest absolute Gasteiger partial charge is 0.293 e. The number of rotatable bonds is 2. The van der Waals surface area contributed by atoms with Crippen molar-refractivity contribution in [2.75, 3.05) is 13.2 Å². The summed E-state index contributed by atoms with van der Waals surface area (Å²) in [5, 5.41) is 3.91. The van der Waals surface area contributed by atoms with E-state index in [4.69, 9.17) is 32.7 Å². The van der Waals surface area contributed by atoms with Crippen molar-refractivity contribution >= 4 is 35.2 Å². The highest BCUT2D eigenvalue weighted by Crippen LogP contribution is 2.30. The Hall–Kier alpha value is -2.31. The molecule has 2 aliphatic rings. The van der Waals surface area contributed by atoms with Crippen LogP contribution in [0.4, 0.5) is 4.39 Å². The summed E-state index contributed by atoms with van der Waals surface area (Å²) in [6.45, 7) is 2.44. The quantitative estimate of drug-likeness (QED) is 0.791. The molecule has 0 saturated heterocycles. The van der Waals surface area contributed by atoms with E-state index >= 15 is 0 Å². The van der Waals surface area contributed by atoms with Gasteiger partial charge in [-0.05, 0) is 41.8 Å². The van der Waals surface area contributed by atoms with Crippen LogP contribution in [0.25, 0.3) is 0 Å². The second kappa shape index (κ2) is 7.37. The molecule has 5 nitrogen and oxygen atoms in total. The first-order chi connectivity index (χ1) is 13.0. The van der Waals surface area contributed by atoms with E-state index in [1.807, 2.05) is 12.1 Å². The molecule has 2 aromatic rings. The van der Waals surface area contributed by atoms with E-state index in [2.05, 4.69) is 15.3 Å². The van der Waals surface area contributed by atoms with Crippen LogP contribution >= 0.6 is 23.2 Å². The highest BCUT2D eigenvalue weighted by molar-refractivity contribution is 6.42. The summed E-state index contributed by atoms with van der Waals surface area (Å²) in [7, 11) is 0. The van der Waals surface area contributed by atoms with Gasteiger partial charge in [-0.1, -0.05) is 41.4 Å². The Bertz CT molecular complexity index is 949. The molecule has 0 saturated carbocycles. The molecule has 0 radical (unpaired) electrons. The maximum atomic E-state index is 13.8. The van der Waals surface area contributed by atoms with Crippen molar-refractivity contribution in [3.63, 3.8) is 0 Å². The number of hydrogen-bond acceptors (Lipinski definition) is 5. The summed E-state index contributed by atoms with van der Waals surface area (Å²) < 4.78 is 24.9. The molecule has 27 heavy (non-hydrogen) atoms. The third-order valence-corrected chi connectivity index (χ3v) is 5.25. The molecule has 2 atom stereocenters. The van der Waals surface area contributed by atoms with Crippen molar-refractivity contribution in [2.45, 2.75) is 19.0 Å². The monoisotopic (exact) mass is 407 g/mol. The lowest BCUT2D eigenvalue weighted by molar-refractivity contribution is 0.293. The van der Waals surface area contributed by atoms with E-state index in [1.165, 1.54) is 6.07 Å². The van der Waals surface area contributed by atoms with E-state index in [-0.39, 0.29) is 17.9 Å². The van der Waals surface area contributed by atoms with Crippen molar-refractivity contribution in [1.82, 2.24) is 5.32 Å². The summed E-state index contributed by atoms with van der Waals surface area (Å²) in [4.78, 5) is 8.95. The summed E-state index contributed by atoms with van der Waals surface area (Å²) in [5.74, 6) is -0.253. The fourth-order valence-corrected chi connectivity index (χ4v) is 3.32. The van der Waals surface area contributed by atoms with Gasteiger partial charge in [0.2, 0.25) is 0 Å². The average molecular weight is 408 g/mol. The van der Waals surface area contributed by atoms with Gasteiger partial charge in [0.25, 0.3) is 12.0 Å². The topological polar surface area (TPSA) is 55.2 Å². The first kappa shape index (κ1) is 18.1. The van der Waals surface area contributed by atoms with Gasteiger partial charge in [0.05, 0.1) is 10.0 Å². The van der Waals surface area contributed by atoms with Gasteiger partial charge in [-0.15, -0.1) is 0 Å². The molecule has 0 bridgehead atoms. The Balaban J connectivity index is 1.46. The van der Waals surface area contributed by atoms with Crippen LogP contribution in [-0.2, 0) is 9.47 Å². The van der Waals surface area contributed by atoms with Crippen molar-refractivity contribution < 1.29 is 13.9 Å². The molecule has 0 spiro atoms. The number of hydrogen-bond donors (Lipinski definition) is 1. The Morgan fingerprint density at radius 1 is 1.00 bits per heavy atom. The van der Waals surface area contributed by atoms with E-state index < -0.39 is 0 Å². The van der Waals surface area contributed by atoms with Gasteiger partial charge in [0, 0.05) is 0 Å². The SMILES string of the molecule is Cc1c(F)cccc1[C@H]1COC(NC2=N[C@@H](c3ccc(Cl)c(Cl)c3)CO2)=N1. The number of amidine groups is 2. The number of nitrogens with zero attached hydrogens (tertiary/aromatic N) is 2. The molecule has 0 amide bonds. The van der Waals surface area contributed by atoms with Crippen LogP contribution in [0.5, 0.6) is 0 Å².